The molecule has 2 aliphatic rings. The molecule has 3 aromatic rings. The van der Waals surface area contributed by atoms with Crippen molar-refractivity contribution in [2.24, 2.45) is 5.92 Å². The normalized spacial score (nSPS) is 18.0. The van der Waals surface area contributed by atoms with E-state index in [0.717, 1.165) is 29.8 Å². The highest BCUT2D eigenvalue weighted by Crippen LogP contribution is 2.38. The van der Waals surface area contributed by atoms with Crippen molar-refractivity contribution in [2.75, 3.05) is 6.54 Å². The summed E-state index contributed by atoms with van der Waals surface area (Å²) in [4.78, 5) is 36.4. The molecule has 7 heteroatoms. The number of pyridine rings is 1. The van der Waals surface area contributed by atoms with Crippen molar-refractivity contribution in [3.05, 3.63) is 83.7 Å². The van der Waals surface area contributed by atoms with Crippen molar-refractivity contribution in [1.29, 1.82) is 0 Å². The van der Waals surface area contributed by atoms with Gasteiger partial charge in [-0.05, 0) is 30.0 Å². The minimum absolute atomic E-state index is 0.139. The highest BCUT2D eigenvalue weighted by atomic mass is 16.2. The molecule has 1 aliphatic heterocycles. The SMILES string of the molecule is O=C(NCc1cccnc1)c1cn2c(n1)C(c1ccccc1)N(C(=O)C1CC1)CC2. The Bertz CT molecular complexity index is 1060. The molecule has 1 fully saturated rings. The second kappa shape index (κ2) is 7.74. The van der Waals surface area contributed by atoms with Crippen LogP contribution in [0, 0.1) is 5.92 Å². The molecule has 1 atom stereocenters. The highest BCUT2D eigenvalue weighted by molar-refractivity contribution is 5.92. The first-order chi connectivity index (χ1) is 14.7. The minimum Gasteiger partial charge on any atom is -0.347 e. The number of nitrogens with one attached hydrogen (secondary N) is 1. The smallest absolute Gasteiger partial charge is 0.271 e. The second-order valence-electron chi connectivity index (χ2n) is 7.84. The Balaban J connectivity index is 1.42. The van der Waals surface area contributed by atoms with Gasteiger partial charge in [0.1, 0.15) is 17.6 Å². The average Bonchev–Trinajstić information content (AvgIpc) is 3.55. The number of imidazole rings is 1. The number of nitrogens with zero attached hydrogens (tertiary/aromatic N) is 4. The number of amides is 2. The Morgan fingerprint density at radius 1 is 1.07 bits per heavy atom. The van der Waals surface area contributed by atoms with Gasteiger partial charge in [0.25, 0.3) is 5.91 Å². The van der Waals surface area contributed by atoms with Gasteiger partial charge in [-0.1, -0.05) is 36.4 Å². The molecular formula is C23H23N5O2. The summed E-state index contributed by atoms with van der Waals surface area (Å²) in [5.41, 5.74) is 2.31. The molecule has 3 heterocycles. The average molecular weight is 401 g/mol. The third-order valence-electron chi connectivity index (χ3n) is 5.68. The quantitative estimate of drug-likeness (QED) is 0.713. The van der Waals surface area contributed by atoms with Gasteiger partial charge in [0.05, 0.1) is 0 Å². The largest absolute Gasteiger partial charge is 0.347 e. The Labute approximate surface area is 174 Å². The van der Waals surface area contributed by atoms with Crippen LogP contribution in [-0.2, 0) is 17.9 Å². The van der Waals surface area contributed by atoms with Crippen LogP contribution in [0.2, 0.25) is 0 Å². The Morgan fingerprint density at radius 2 is 1.90 bits per heavy atom. The van der Waals surface area contributed by atoms with Gasteiger partial charge in [-0.15, -0.1) is 0 Å². The zero-order valence-electron chi connectivity index (χ0n) is 16.6. The van der Waals surface area contributed by atoms with Crippen molar-refractivity contribution in [1.82, 2.24) is 24.8 Å². The summed E-state index contributed by atoms with van der Waals surface area (Å²) in [6.45, 7) is 1.65. The van der Waals surface area contributed by atoms with Gasteiger partial charge in [-0.25, -0.2) is 4.98 Å². The van der Waals surface area contributed by atoms with Crippen LogP contribution in [0.4, 0.5) is 0 Å². The maximum atomic E-state index is 13.0. The molecule has 1 N–H and O–H groups in total. The van der Waals surface area contributed by atoms with Gasteiger partial charge in [-0.2, -0.15) is 0 Å². The molecule has 1 saturated carbocycles. The molecule has 152 valence electrons. The van der Waals surface area contributed by atoms with E-state index in [9.17, 15) is 9.59 Å². The van der Waals surface area contributed by atoms with E-state index in [4.69, 9.17) is 0 Å². The van der Waals surface area contributed by atoms with Crippen LogP contribution in [0.1, 0.15) is 46.3 Å². The predicted molar refractivity (Wildman–Crippen MR) is 110 cm³/mol. The number of aromatic nitrogens is 3. The standard InChI is InChI=1S/C23H23N5O2/c29-22(25-14-16-5-4-10-24-13-16)19-15-27-11-12-28(23(30)18-8-9-18)20(21(27)26-19)17-6-2-1-3-7-17/h1-7,10,13,15,18,20H,8-9,11-12,14H2,(H,25,29). The van der Waals surface area contributed by atoms with E-state index in [1.165, 1.54) is 0 Å². The number of carbonyl (C=O) groups excluding carboxylic acids is 2. The molecule has 5 rings (SSSR count). The minimum atomic E-state index is -0.270. The fourth-order valence-corrected chi connectivity index (χ4v) is 3.96. The first-order valence-corrected chi connectivity index (χ1v) is 10.3. The number of fused-ring (bicyclic) bond motifs is 1. The van der Waals surface area contributed by atoms with E-state index in [-0.39, 0.29) is 23.8 Å². The molecule has 0 radical (unpaired) electrons. The third kappa shape index (κ3) is 3.58. The number of hydrogen-bond acceptors (Lipinski definition) is 4. The van der Waals surface area contributed by atoms with E-state index >= 15 is 0 Å². The summed E-state index contributed by atoms with van der Waals surface area (Å²) >= 11 is 0. The lowest BCUT2D eigenvalue weighted by Gasteiger charge is -2.36. The van der Waals surface area contributed by atoms with Crippen LogP contribution < -0.4 is 5.32 Å². The lowest BCUT2D eigenvalue weighted by molar-refractivity contribution is -0.135. The summed E-state index contributed by atoms with van der Waals surface area (Å²) in [7, 11) is 0. The Kier molecular flexibility index (Phi) is 4.78. The molecular weight excluding hydrogens is 378 g/mol. The first kappa shape index (κ1) is 18.5. The van der Waals surface area contributed by atoms with Gasteiger partial charge in [0.15, 0.2) is 0 Å². The van der Waals surface area contributed by atoms with E-state index in [1.807, 2.05) is 51.9 Å². The van der Waals surface area contributed by atoms with E-state index in [0.29, 0.717) is 25.3 Å². The fourth-order valence-electron chi connectivity index (χ4n) is 3.96. The second-order valence-corrected chi connectivity index (χ2v) is 7.84. The molecule has 1 aliphatic carbocycles. The van der Waals surface area contributed by atoms with Crippen LogP contribution in [0.15, 0.2) is 61.1 Å². The lowest BCUT2D eigenvalue weighted by Crippen LogP contribution is -2.43. The van der Waals surface area contributed by atoms with Crippen LogP contribution in [-0.4, -0.2) is 37.8 Å². The predicted octanol–water partition coefficient (Wildman–Crippen LogP) is 2.55. The van der Waals surface area contributed by atoms with E-state index in [2.05, 4.69) is 15.3 Å². The van der Waals surface area contributed by atoms with E-state index < -0.39 is 0 Å². The highest BCUT2D eigenvalue weighted by Gasteiger charge is 2.40. The van der Waals surface area contributed by atoms with Crippen LogP contribution >= 0.6 is 0 Å². The summed E-state index contributed by atoms with van der Waals surface area (Å²) in [5.74, 6) is 0.848. The maximum Gasteiger partial charge on any atom is 0.271 e. The molecule has 30 heavy (non-hydrogen) atoms. The summed E-state index contributed by atoms with van der Waals surface area (Å²) < 4.78 is 2.01. The molecule has 0 saturated heterocycles. The van der Waals surface area contributed by atoms with Gasteiger partial charge in [0.2, 0.25) is 5.91 Å². The number of rotatable bonds is 5. The van der Waals surface area contributed by atoms with Crippen LogP contribution in [0.25, 0.3) is 0 Å². The van der Waals surface area contributed by atoms with Gasteiger partial charge in [-0.3, -0.25) is 14.6 Å². The molecule has 2 aromatic heterocycles. The van der Waals surface area contributed by atoms with Crippen molar-refractivity contribution in [3.8, 4) is 0 Å². The van der Waals surface area contributed by atoms with Crippen LogP contribution in [0.5, 0.6) is 0 Å². The maximum absolute atomic E-state index is 13.0. The zero-order valence-corrected chi connectivity index (χ0v) is 16.6. The number of hydrogen-bond donors (Lipinski definition) is 1. The van der Waals surface area contributed by atoms with Crippen molar-refractivity contribution in [2.45, 2.75) is 32.0 Å². The lowest BCUT2D eigenvalue weighted by atomic mass is 10.0. The van der Waals surface area contributed by atoms with E-state index in [1.54, 1.807) is 18.6 Å². The Morgan fingerprint density at radius 3 is 2.63 bits per heavy atom. The number of carbonyl (C=O) groups is 2. The molecule has 0 spiro atoms. The fraction of sp³-hybridized carbons (Fsp3) is 0.304. The van der Waals surface area contributed by atoms with Crippen molar-refractivity contribution >= 4 is 11.8 Å². The summed E-state index contributed by atoms with van der Waals surface area (Å²) in [5, 5.41) is 2.91. The monoisotopic (exact) mass is 401 g/mol. The third-order valence-corrected chi connectivity index (χ3v) is 5.68. The Hall–Kier alpha value is -3.48. The van der Waals surface area contributed by atoms with Crippen LogP contribution in [0.3, 0.4) is 0 Å². The molecule has 2 amide bonds. The van der Waals surface area contributed by atoms with Crippen molar-refractivity contribution in [3.63, 3.8) is 0 Å². The molecule has 1 unspecified atom stereocenters. The summed E-state index contributed by atoms with van der Waals surface area (Å²) in [6.07, 6.45) is 7.15. The molecule has 1 aromatic carbocycles. The van der Waals surface area contributed by atoms with Gasteiger partial charge in [0, 0.05) is 44.1 Å². The topological polar surface area (TPSA) is 80.1 Å². The summed E-state index contributed by atoms with van der Waals surface area (Å²) in [6, 6.07) is 13.4. The van der Waals surface area contributed by atoms with Gasteiger partial charge < -0.3 is 14.8 Å². The number of benzene rings is 1. The van der Waals surface area contributed by atoms with Gasteiger partial charge >= 0.3 is 0 Å². The zero-order chi connectivity index (χ0) is 20.5. The molecule has 0 bridgehead atoms. The first-order valence-electron chi connectivity index (χ1n) is 10.3. The molecule has 7 nitrogen and oxygen atoms in total. The van der Waals surface area contributed by atoms with Crippen molar-refractivity contribution < 1.29 is 9.59 Å².